The van der Waals surface area contributed by atoms with Crippen LogP contribution in [0.5, 0.6) is 0 Å². The van der Waals surface area contributed by atoms with Crippen LogP contribution in [0, 0.1) is 0 Å². The number of ether oxygens (including phenoxy) is 1. The molecule has 8 nitrogen and oxygen atoms in total. The minimum atomic E-state index is -3.68. The van der Waals surface area contributed by atoms with Crippen molar-refractivity contribution < 1.29 is 17.9 Å². The van der Waals surface area contributed by atoms with Gasteiger partial charge in [-0.05, 0) is 43.2 Å². The number of carbonyl (C=O) groups is 1. The first-order chi connectivity index (χ1) is 13.5. The quantitative estimate of drug-likeness (QED) is 0.702. The van der Waals surface area contributed by atoms with Crippen LogP contribution < -0.4 is 4.90 Å². The third kappa shape index (κ3) is 3.72. The molecular weight excluding hydrogens is 380 g/mol. The monoisotopic (exact) mass is 402 g/mol. The lowest BCUT2D eigenvalue weighted by Gasteiger charge is -2.34. The Morgan fingerprint density at radius 1 is 1.07 bits per heavy atom. The first-order valence-corrected chi connectivity index (χ1v) is 10.7. The molecule has 0 amide bonds. The summed E-state index contributed by atoms with van der Waals surface area (Å²) < 4.78 is 32.0. The van der Waals surface area contributed by atoms with E-state index in [-0.39, 0.29) is 10.5 Å². The van der Waals surface area contributed by atoms with E-state index in [0.717, 1.165) is 11.5 Å². The minimum Gasteiger partial charge on any atom is -0.465 e. The Morgan fingerprint density at radius 2 is 1.82 bits per heavy atom. The van der Waals surface area contributed by atoms with Gasteiger partial charge in [0, 0.05) is 32.1 Å². The predicted octanol–water partition coefficient (Wildman–Crippen LogP) is 1.65. The number of piperazine rings is 1. The molecule has 9 heteroatoms. The number of anilines is 1. The molecule has 2 fully saturated rings. The van der Waals surface area contributed by atoms with Crippen LogP contribution in [0.4, 0.5) is 5.82 Å². The molecule has 148 valence electrons. The van der Waals surface area contributed by atoms with Crippen molar-refractivity contribution in [2.75, 3.05) is 38.2 Å². The van der Waals surface area contributed by atoms with Gasteiger partial charge in [-0.15, -0.1) is 5.10 Å². The van der Waals surface area contributed by atoms with Gasteiger partial charge in [-0.3, -0.25) is 0 Å². The Labute approximate surface area is 164 Å². The standard InChI is InChI=1S/C19H22N4O4S/c1-27-19(24)15-3-2-4-16(13-15)28(25,26)23-11-9-22(10-12-23)18-8-7-17(20-21-18)14-5-6-14/h2-4,7-8,13-14H,5-6,9-12H2,1H3. The van der Waals surface area contributed by atoms with Crippen molar-refractivity contribution in [2.24, 2.45) is 0 Å². The molecule has 2 aromatic rings. The molecule has 4 rings (SSSR count). The highest BCUT2D eigenvalue weighted by Gasteiger charge is 2.30. The van der Waals surface area contributed by atoms with Crippen LogP contribution in [0.25, 0.3) is 0 Å². The van der Waals surface area contributed by atoms with Gasteiger partial charge in [0.15, 0.2) is 5.82 Å². The fourth-order valence-corrected chi connectivity index (χ4v) is 4.78. The number of benzene rings is 1. The molecule has 1 aliphatic carbocycles. The maximum absolute atomic E-state index is 12.9. The summed E-state index contributed by atoms with van der Waals surface area (Å²) in [5.74, 6) is 0.772. The molecule has 1 saturated heterocycles. The average molecular weight is 402 g/mol. The molecule has 1 aromatic carbocycles. The zero-order valence-corrected chi connectivity index (χ0v) is 16.4. The molecule has 0 unspecified atom stereocenters. The van der Waals surface area contributed by atoms with Gasteiger partial charge in [-0.1, -0.05) is 6.07 Å². The van der Waals surface area contributed by atoms with Crippen molar-refractivity contribution in [1.82, 2.24) is 14.5 Å². The van der Waals surface area contributed by atoms with Crippen LogP contribution in [-0.2, 0) is 14.8 Å². The fraction of sp³-hybridized carbons (Fsp3) is 0.421. The smallest absolute Gasteiger partial charge is 0.337 e. The van der Waals surface area contributed by atoms with Gasteiger partial charge >= 0.3 is 5.97 Å². The van der Waals surface area contributed by atoms with E-state index in [9.17, 15) is 13.2 Å². The Bertz CT molecular complexity index is 966. The highest BCUT2D eigenvalue weighted by molar-refractivity contribution is 7.89. The lowest BCUT2D eigenvalue weighted by molar-refractivity contribution is 0.0600. The molecule has 2 heterocycles. The molecule has 1 aromatic heterocycles. The van der Waals surface area contributed by atoms with E-state index < -0.39 is 16.0 Å². The van der Waals surface area contributed by atoms with Crippen LogP contribution >= 0.6 is 0 Å². The Hall–Kier alpha value is -2.52. The molecular formula is C19H22N4O4S. The van der Waals surface area contributed by atoms with Gasteiger partial charge in [-0.25, -0.2) is 13.2 Å². The van der Waals surface area contributed by atoms with Crippen LogP contribution in [0.1, 0.15) is 34.8 Å². The van der Waals surface area contributed by atoms with Crippen LogP contribution in [0.15, 0.2) is 41.3 Å². The number of hydrogen-bond acceptors (Lipinski definition) is 7. The van der Waals surface area contributed by atoms with Crippen molar-refractivity contribution >= 4 is 21.8 Å². The normalized spacial score (nSPS) is 18.1. The third-order valence-electron chi connectivity index (χ3n) is 5.12. The summed E-state index contributed by atoms with van der Waals surface area (Å²) in [6.07, 6.45) is 2.36. The number of esters is 1. The zero-order valence-electron chi connectivity index (χ0n) is 15.6. The van der Waals surface area contributed by atoms with E-state index in [1.807, 2.05) is 17.0 Å². The van der Waals surface area contributed by atoms with E-state index in [1.54, 1.807) is 6.07 Å². The van der Waals surface area contributed by atoms with Crippen LogP contribution in [0.3, 0.4) is 0 Å². The summed E-state index contributed by atoms with van der Waals surface area (Å²) in [7, 11) is -2.41. The number of carbonyl (C=O) groups excluding carboxylic acids is 1. The number of methoxy groups -OCH3 is 1. The van der Waals surface area contributed by atoms with Crippen molar-refractivity contribution in [3.63, 3.8) is 0 Å². The van der Waals surface area contributed by atoms with Gasteiger partial charge in [0.1, 0.15) is 0 Å². The summed E-state index contributed by atoms with van der Waals surface area (Å²) in [5.41, 5.74) is 1.25. The third-order valence-corrected chi connectivity index (χ3v) is 7.02. The van der Waals surface area contributed by atoms with Crippen molar-refractivity contribution in [3.8, 4) is 0 Å². The average Bonchev–Trinajstić information content (AvgIpc) is 3.59. The second-order valence-corrected chi connectivity index (χ2v) is 8.94. The van der Waals surface area contributed by atoms with E-state index in [0.29, 0.717) is 32.1 Å². The molecule has 0 bridgehead atoms. The van der Waals surface area contributed by atoms with Crippen molar-refractivity contribution in [3.05, 3.63) is 47.7 Å². The molecule has 0 N–H and O–H groups in total. The van der Waals surface area contributed by atoms with E-state index in [4.69, 9.17) is 0 Å². The number of aromatic nitrogens is 2. The predicted molar refractivity (Wildman–Crippen MR) is 103 cm³/mol. The highest BCUT2D eigenvalue weighted by Crippen LogP contribution is 2.38. The summed E-state index contributed by atoms with van der Waals surface area (Å²) in [6, 6.07) is 9.91. The van der Waals surface area contributed by atoms with Gasteiger partial charge in [0.05, 0.1) is 23.3 Å². The topological polar surface area (TPSA) is 92.7 Å². The maximum atomic E-state index is 12.9. The van der Waals surface area contributed by atoms with Crippen LogP contribution in [-0.4, -0.2) is 62.2 Å². The molecule has 1 aliphatic heterocycles. The number of rotatable bonds is 5. The summed E-state index contributed by atoms with van der Waals surface area (Å²) in [6.45, 7) is 1.76. The molecule has 28 heavy (non-hydrogen) atoms. The molecule has 0 radical (unpaired) electrons. The van der Waals surface area contributed by atoms with E-state index in [1.165, 1.54) is 42.5 Å². The zero-order chi connectivity index (χ0) is 19.7. The van der Waals surface area contributed by atoms with Gasteiger partial charge in [0.2, 0.25) is 10.0 Å². The lowest BCUT2D eigenvalue weighted by Crippen LogP contribution is -2.49. The molecule has 0 spiro atoms. The summed E-state index contributed by atoms with van der Waals surface area (Å²) in [4.78, 5) is 13.8. The number of nitrogens with zero attached hydrogens (tertiary/aromatic N) is 4. The van der Waals surface area contributed by atoms with E-state index in [2.05, 4.69) is 14.9 Å². The van der Waals surface area contributed by atoms with Crippen molar-refractivity contribution in [2.45, 2.75) is 23.7 Å². The fourth-order valence-electron chi connectivity index (χ4n) is 3.31. The number of sulfonamides is 1. The first kappa shape index (κ1) is 18.8. The van der Waals surface area contributed by atoms with Gasteiger partial charge in [-0.2, -0.15) is 9.40 Å². The van der Waals surface area contributed by atoms with Gasteiger partial charge in [0.25, 0.3) is 0 Å². The summed E-state index contributed by atoms with van der Waals surface area (Å²) in [5, 5.41) is 8.60. The second-order valence-electron chi connectivity index (χ2n) is 7.00. The minimum absolute atomic E-state index is 0.0948. The molecule has 0 atom stereocenters. The Balaban J connectivity index is 1.44. The van der Waals surface area contributed by atoms with Crippen LogP contribution in [0.2, 0.25) is 0 Å². The number of hydrogen-bond donors (Lipinski definition) is 0. The summed E-state index contributed by atoms with van der Waals surface area (Å²) >= 11 is 0. The second kappa shape index (κ2) is 7.48. The maximum Gasteiger partial charge on any atom is 0.337 e. The van der Waals surface area contributed by atoms with Gasteiger partial charge < -0.3 is 9.64 Å². The highest BCUT2D eigenvalue weighted by atomic mass is 32.2. The molecule has 1 saturated carbocycles. The van der Waals surface area contributed by atoms with E-state index >= 15 is 0 Å². The lowest BCUT2D eigenvalue weighted by atomic mass is 10.2. The molecule has 2 aliphatic rings. The van der Waals surface area contributed by atoms with Crippen molar-refractivity contribution in [1.29, 1.82) is 0 Å². The SMILES string of the molecule is COC(=O)c1cccc(S(=O)(=O)N2CCN(c3ccc(C4CC4)nn3)CC2)c1. The Kier molecular flexibility index (Phi) is 5.03. The Morgan fingerprint density at radius 3 is 2.43 bits per heavy atom. The largest absolute Gasteiger partial charge is 0.465 e. The first-order valence-electron chi connectivity index (χ1n) is 9.26.